The fourth-order valence-corrected chi connectivity index (χ4v) is 2.24. The first-order valence-electron chi connectivity index (χ1n) is 4.61. The number of pyridine rings is 1. The van der Waals surface area contributed by atoms with Gasteiger partial charge in [-0.2, -0.15) is 0 Å². The normalized spacial score (nSPS) is 10.5. The Morgan fingerprint density at radius 1 is 1.18 bits per heavy atom. The molecule has 0 aliphatic heterocycles. The molecule has 2 nitrogen and oxygen atoms in total. The molecule has 0 aliphatic rings. The van der Waals surface area contributed by atoms with Crippen LogP contribution in [-0.4, -0.2) is 4.98 Å². The second-order valence-electron chi connectivity index (χ2n) is 3.20. The zero-order valence-corrected chi connectivity index (χ0v) is 10.9. The summed E-state index contributed by atoms with van der Waals surface area (Å²) in [6.45, 7) is 0. The molecule has 88 valence electrons. The van der Waals surface area contributed by atoms with Gasteiger partial charge in [0.25, 0.3) is 0 Å². The van der Waals surface area contributed by atoms with Gasteiger partial charge in [0.2, 0.25) is 0 Å². The predicted molar refractivity (Wildman–Crippen MR) is 66.8 cm³/mol. The first kappa shape index (κ1) is 12.3. The van der Waals surface area contributed by atoms with Gasteiger partial charge in [-0.1, -0.05) is 11.8 Å². The van der Waals surface area contributed by atoms with Crippen molar-refractivity contribution in [3.8, 4) is 0 Å². The molecule has 0 fully saturated rings. The first-order valence-corrected chi connectivity index (χ1v) is 6.22. The summed E-state index contributed by atoms with van der Waals surface area (Å²) in [5.41, 5.74) is 5.80. The highest BCUT2D eigenvalue weighted by atomic mass is 79.9. The van der Waals surface area contributed by atoms with Crippen LogP contribution in [0.5, 0.6) is 0 Å². The van der Waals surface area contributed by atoms with Gasteiger partial charge < -0.3 is 5.73 Å². The number of hydrogen-bond donors (Lipinski definition) is 1. The number of anilines is 1. The van der Waals surface area contributed by atoms with Gasteiger partial charge in [0.1, 0.15) is 5.03 Å². The Kier molecular flexibility index (Phi) is 3.63. The van der Waals surface area contributed by atoms with Crippen molar-refractivity contribution in [2.24, 2.45) is 0 Å². The summed E-state index contributed by atoms with van der Waals surface area (Å²) in [6, 6.07) is 5.80. The molecule has 0 amide bonds. The molecule has 2 aromatic rings. The van der Waals surface area contributed by atoms with Crippen LogP contribution in [0.3, 0.4) is 0 Å². The lowest BCUT2D eigenvalue weighted by atomic mass is 10.3. The quantitative estimate of drug-likeness (QED) is 0.855. The number of nitrogen functional groups attached to an aromatic ring is 1. The summed E-state index contributed by atoms with van der Waals surface area (Å²) < 4.78 is 27.4. The summed E-state index contributed by atoms with van der Waals surface area (Å²) in [7, 11) is 0. The summed E-state index contributed by atoms with van der Waals surface area (Å²) in [4.78, 5) is 4.11. The van der Waals surface area contributed by atoms with Crippen molar-refractivity contribution in [2.75, 3.05) is 5.73 Å². The second kappa shape index (κ2) is 5.01. The lowest BCUT2D eigenvalue weighted by Crippen LogP contribution is -1.95. The van der Waals surface area contributed by atoms with Gasteiger partial charge in [-0.3, -0.25) is 0 Å². The molecule has 1 aromatic heterocycles. The highest BCUT2D eigenvalue weighted by Crippen LogP contribution is 2.34. The van der Waals surface area contributed by atoms with Crippen LogP contribution in [0.4, 0.5) is 14.5 Å². The van der Waals surface area contributed by atoms with E-state index in [0.29, 0.717) is 5.03 Å². The zero-order valence-electron chi connectivity index (χ0n) is 8.45. The number of aromatic nitrogens is 1. The molecule has 17 heavy (non-hydrogen) atoms. The topological polar surface area (TPSA) is 38.9 Å². The van der Waals surface area contributed by atoms with Crippen molar-refractivity contribution in [1.82, 2.24) is 4.98 Å². The van der Waals surface area contributed by atoms with Crippen LogP contribution in [0.1, 0.15) is 0 Å². The smallest absolute Gasteiger partial charge is 0.174 e. The third-order valence-electron chi connectivity index (χ3n) is 1.99. The molecule has 0 radical (unpaired) electrons. The molecule has 0 saturated carbocycles. The number of nitrogens with two attached hydrogens (primary N) is 1. The molecular weight excluding hydrogens is 310 g/mol. The van der Waals surface area contributed by atoms with Crippen LogP contribution in [0.2, 0.25) is 0 Å². The van der Waals surface area contributed by atoms with Crippen LogP contribution in [-0.2, 0) is 0 Å². The van der Waals surface area contributed by atoms with Gasteiger partial charge >= 0.3 is 0 Å². The number of nitrogens with zero attached hydrogens (tertiary/aromatic N) is 1. The van der Waals surface area contributed by atoms with Crippen molar-refractivity contribution < 1.29 is 8.78 Å². The molecule has 2 N–H and O–H groups in total. The number of halogens is 3. The van der Waals surface area contributed by atoms with E-state index in [1.807, 2.05) is 0 Å². The fourth-order valence-electron chi connectivity index (χ4n) is 1.18. The summed E-state index contributed by atoms with van der Waals surface area (Å²) in [5, 5.41) is 0.546. The number of rotatable bonds is 2. The van der Waals surface area contributed by atoms with Gasteiger partial charge in [-0.05, 0) is 40.2 Å². The van der Waals surface area contributed by atoms with E-state index in [0.717, 1.165) is 22.3 Å². The zero-order chi connectivity index (χ0) is 12.4. The van der Waals surface area contributed by atoms with E-state index in [-0.39, 0.29) is 10.6 Å². The predicted octanol–water partition coefficient (Wildman–Crippen LogP) is 3.86. The maximum absolute atomic E-state index is 13.5. The minimum absolute atomic E-state index is 0.0554. The highest BCUT2D eigenvalue weighted by Gasteiger charge is 2.13. The van der Waals surface area contributed by atoms with E-state index < -0.39 is 11.6 Å². The van der Waals surface area contributed by atoms with Gasteiger partial charge in [0, 0.05) is 16.4 Å². The second-order valence-corrected chi connectivity index (χ2v) is 5.14. The van der Waals surface area contributed by atoms with E-state index in [9.17, 15) is 8.78 Å². The molecule has 2 rings (SSSR count). The molecule has 6 heteroatoms. The molecule has 0 saturated heterocycles. The fraction of sp³-hybridized carbons (Fsp3) is 0. The third-order valence-corrected chi connectivity index (χ3v) is 3.53. The van der Waals surface area contributed by atoms with E-state index >= 15 is 0 Å². The minimum atomic E-state index is -0.945. The lowest BCUT2D eigenvalue weighted by Gasteiger charge is -2.06. The average molecular weight is 317 g/mol. The first-order chi connectivity index (χ1) is 8.08. The molecular formula is C11H7BrF2N2S. The van der Waals surface area contributed by atoms with Crippen LogP contribution >= 0.6 is 27.7 Å². The standard InChI is InChI=1S/C11H7BrF2N2S/c12-6-1-4-9(16-5-6)17-11-8(15)3-2-7(13)10(11)14/h1-5H,15H2. The van der Waals surface area contributed by atoms with Gasteiger partial charge in [-0.15, -0.1) is 0 Å². The Balaban J connectivity index is 2.36. The summed E-state index contributed by atoms with van der Waals surface area (Å²) in [6.07, 6.45) is 1.58. The maximum atomic E-state index is 13.5. The molecule has 0 bridgehead atoms. The van der Waals surface area contributed by atoms with Crippen molar-refractivity contribution in [3.63, 3.8) is 0 Å². The Morgan fingerprint density at radius 3 is 2.59 bits per heavy atom. The number of benzene rings is 1. The van der Waals surface area contributed by atoms with Crippen LogP contribution in [0.25, 0.3) is 0 Å². The molecule has 0 aliphatic carbocycles. The Labute approximate surface area is 109 Å². The Bertz CT molecular complexity index is 546. The average Bonchev–Trinajstić information content (AvgIpc) is 2.32. The molecule has 1 heterocycles. The van der Waals surface area contributed by atoms with E-state index in [4.69, 9.17) is 5.73 Å². The van der Waals surface area contributed by atoms with E-state index in [2.05, 4.69) is 20.9 Å². The van der Waals surface area contributed by atoms with Gasteiger partial charge in [-0.25, -0.2) is 13.8 Å². The van der Waals surface area contributed by atoms with Crippen molar-refractivity contribution >= 4 is 33.4 Å². The summed E-state index contributed by atoms with van der Waals surface area (Å²) in [5.74, 6) is -1.86. The van der Waals surface area contributed by atoms with Crippen molar-refractivity contribution in [3.05, 3.63) is 46.6 Å². The van der Waals surface area contributed by atoms with E-state index in [1.54, 1.807) is 18.3 Å². The highest BCUT2D eigenvalue weighted by molar-refractivity contribution is 9.10. The maximum Gasteiger partial charge on any atom is 0.174 e. The van der Waals surface area contributed by atoms with Gasteiger partial charge in [0.15, 0.2) is 11.6 Å². The molecule has 0 unspecified atom stereocenters. The van der Waals surface area contributed by atoms with Gasteiger partial charge in [0.05, 0.1) is 4.90 Å². The summed E-state index contributed by atoms with van der Waals surface area (Å²) >= 11 is 4.23. The lowest BCUT2D eigenvalue weighted by molar-refractivity contribution is 0.492. The van der Waals surface area contributed by atoms with Crippen LogP contribution in [0, 0.1) is 11.6 Å². The van der Waals surface area contributed by atoms with Crippen molar-refractivity contribution in [1.29, 1.82) is 0 Å². The SMILES string of the molecule is Nc1ccc(F)c(F)c1Sc1ccc(Br)cn1. The van der Waals surface area contributed by atoms with Crippen molar-refractivity contribution in [2.45, 2.75) is 9.92 Å². The Morgan fingerprint density at radius 2 is 1.94 bits per heavy atom. The molecule has 0 spiro atoms. The van der Waals surface area contributed by atoms with E-state index in [1.165, 1.54) is 6.07 Å². The van der Waals surface area contributed by atoms with Crippen LogP contribution < -0.4 is 5.73 Å². The largest absolute Gasteiger partial charge is 0.398 e. The molecule has 1 aromatic carbocycles. The van der Waals surface area contributed by atoms with Crippen LogP contribution in [0.15, 0.2) is 44.9 Å². The monoisotopic (exact) mass is 316 g/mol. The minimum Gasteiger partial charge on any atom is -0.398 e. The number of hydrogen-bond acceptors (Lipinski definition) is 3. The third kappa shape index (κ3) is 2.76. The Hall–Kier alpha value is -1.14. The molecule has 0 atom stereocenters.